The number of anilines is 2. The second kappa shape index (κ2) is 10.3. The largest absolute Gasteiger partial charge is 0.456 e. The van der Waals surface area contributed by atoms with Crippen LogP contribution in [0.1, 0.15) is 32.0 Å². The summed E-state index contributed by atoms with van der Waals surface area (Å²) >= 11 is 0. The third-order valence-corrected chi connectivity index (χ3v) is 5.21. The van der Waals surface area contributed by atoms with E-state index in [1.54, 1.807) is 53.5 Å². The highest BCUT2D eigenvalue weighted by molar-refractivity contribution is 5.99. The molecule has 0 aliphatic rings. The number of urea groups is 1. The molecule has 4 aromatic rings. The van der Waals surface area contributed by atoms with Gasteiger partial charge in [0.05, 0.1) is 24.0 Å². The van der Waals surface area contributed by atoms with Crippen molar-refractivity contribution in [1.82, 2.24) is 14.8 Å². The van der Waals surface area contributed by atoms with E-state index in [-0.39, 0.29) is 11.8 Å². The van der Waals surface area contributed by atoms with E-state index in [4.69, 9.17) is 15.6 Å². The molecule has 0 saturated heterocycles. The van der Waals surface area contributed by atoms with Crippen LogP contribution in [0.5, 0.6) is 11.5 Å². The number of rotatable bonds is 7. The number of amides is 3. The Labute approximate surface area is 209 Å². The van der Waals surface area contributed by atoms with Gasteiger partial charge in [-0.2, -0.15) is 5.10 Å². The number of primary amides is 1. The first-order valence-electron chi connectivity index (χ1n) is 11.4. The van der Waals surface area contributed by atoms with Gasteiger partial charge in [-0.15, -0.1) is 0 Å². The third kappa shape index (κ3) is 6.26. The van der Waals surface area contributed by atoms with Crippen molar-refractivity contribution in [2.75, 3.05) is 10.6 Å². The highest BCUT2D eigenvalue weighted by Crippen LogP contribution is 2.27. The number of benzene rings is 2. The van der Waals surface area contributed by atoms with Crippen LogP contribution < -0.4 is 21.1 Å². The van der Waals surface area contributed by atoms with Crippen LogP contribution in [0.3, 0.4) is 0 Å². The molecule has 4 N–H and O–H groups in total. The van der Waals surface area contributed by atoms with Gasteiger partial charge in [-0.3, -0.25) is 15.1 Å². The van der Waals surface area contributed by atoms with Crippen molar-refractivity contribution in [3.05, 3.63) is 90.4 Å². The summed E-state index contributed by atoms with van der Waals surface area (Å²) < 4.78 is 7.44. The zero-order chi connectivity index (χ0) is 25.7. The minimum atomic E-state index is -0.441. The van der Waals surface area contributed by atoms with Gasteiger partial charge in [0.2, 0.25) is 5.91 Å². The van der Waals surface area contributed by atoms with E-state index >= 15 is 0 Å². The average Bonchev–Trinajstić information content (AvgIpc) is 3.24. The van der Waals surface area contributed by atoms with Crippen LogP contribution >= 0.6 is 0 Å². The molecule has 0 fully saturated rings. The zero-order valence-electron chi connectivity index (χ0n) is 20.4. The molecule has 0 bridgehead atoms. The van der Waals surface area contributed by atoms with E-state index in [2.05, 4.69) is 15.6 Å². The topological polar surface area (TPSA) is 124 Å². The molecular formula is C27H28N6O3. The van der Waals surface area contributed by atoms with Crippen molar-refractivity contribution in [2.24, 2.45) is 5.73 Å². The fourth-order valence-corrected chi connectivity index (χ4v) is 3.49. The van der Waals surface area contributed by atoms with Gasteiger partial charge in [-0.25, -0.2) is 9.48 Å². The SMILES string of the molecule is CC(C)(C)c1cc(NC(=O)Nc2cccc(Oc3cccnc3)c2)n(-c2cccc(CC(N)=O)c2)n1. The maximum atomic E-state index is 12.9. The van der Waals surface area contributed by atoms with Crippen LogP contribution in [0.4, 0.5) is 16.3 Å². The summed E-state index contributed by atoms with van der Waals surface area (Å²) in [4.78, 5) is 28.4. The number of aromatic nitrogens is 3. The summed E-state index contributed by atoms with van der Waals surface area (Å²) in [6, 6.07) is 19.4. The summed E-state index contributed by atoms with van der Waals surface area (Å²) in [5.41, 5.74) is 7.92. The lowest BCUT2D eigenvalue weighted by Crippen LogP contribution is -2.21. The Morgan fingerprint density at radius 2 is 1.75 bits per heavy atom. The van der Waals surface area contributed by atoms with Crippen LogP contribution in [0.15, 0.2) is 79.1 Å². The van der Waals surface area contributed by atoms with Crippen LogP contribution in [0.2, 0.25) is 0 Å². The summed E-state index contributed by atoms with van der Waals surface area (Å²) in [6.45, 7) is 6.13. The molecule has 2 aromatic heterocycles. The molecule has 36 heavy (non-hydrogen) atoms. The first-order valence-corrected chi connectivity index (χ1v) is 11.4. The molecule has 9 heteroatoms. The predicted octanol–water partition coefficient (Wildman–Crippen LogP) is 5.03. The third-order valence-electron chi connectivity index (χ3n) is 5.21. The second-order valence-corrected chi connectivity index (χ2v) is 9.29. The molecule has 0 atom stereocenters. The molecule has 2 heterocycles. The van der Waals surface area contributed by atoms with Crippen LogP contribution in [-0.4, -0.2) is 26.7 Å². The van der Waals surface area contributed by atoms with Crippen molar-refractivity contribution in [3.8, 4) is 17.2 Å². The predicted molar refractivity (Wildman–Crippen MR) is 139 cm³/mol. The lowest BCUT2D eigenvalue weighted by molar-refractivity contribution is -0.117. The Bertz CT molecular complexity index is 1380. The first kappa shape index (κ1) is 24.5. The number of nitrogens with zero attached hydrogens (tertiary/aromatic N) is 3. The quantitative estimate of drug-likeness (QED) is 0.339. The van der Waals surface area contributed by atoms with Gasteiger partial charge >= 0.3 is 6.03 Å². The molecule has 4 rings (SSSR count). The molecular weight excluding hydrogens is 456 g/mol. The van der Waals surface area contributed by atoms with E-state index in [0.29, 0.717) is 28.7 Å². The summed E-state index contributed by atoms with van der Waals surface area (Å²) in [5, 5.41) is 10.4. The number of nitrogens with one attached hydrogen (secondary N) is 2. The van der Waals surface area contributed by atoms with Crippen LogP contribution in [-0.2, 0) is 16.6 Å². The number of carbonyl (C=O) groups is 2. The standard InChI is InChI=1S/C27H28N6O3/c1-27(2,3)23-16-25(33(32-23)20-9-4-7-18(13-20)14-24(28)34)31-26(35)30-19-8-5-10-21(15-19)36-22-11-6-12-29-17-22/h4-13,15-17H,14H2,1-3H3,(H2,28,34)(H2,30,31,35). The van der Waals surface area contributed by atoms with Crippen LogP contribution in [0, 0.1) is 0 Å². The highest BCUT2D eigenvalue weighted by Gasteiger charge is 2.22. The molecule has 184 valence electrons. The second-order valence-electron chi connectivity index (χ2n) is 9.29. The van der Waals surface area contributed by atoms with Crippen molar-refractivity contribution < 1.29 is 14.3 Å². The Balaban J connectivity index is 1.55. The van der Waals surface area contributed by atoms with Crippen molar-refractivity contribution in [2.45, 2.75) is 32.6 Å². The number of nitrogens with two attached hydrogens (primary N) is 1. The van der Waals surface area contributed by atoms with E-state index in [1.165, 1.54) is 0 Å². The first-order chi connectivity index (χ1) is 17.2. The molecule has 0 unspecified atom stereocenters. The van der Waals surface area contributed by atoms with Gasteiger partial charge in [0.15, 0.2) is 0 Å². The summed E-state index contributed by atoms with van der Waals surface area (Å²) in [5.74, 6) is 1.22. The van der Waals surface area contributed by atoms with Gasteiger partial charge in [0.25, 0.3) is 0 Å². The van der Waals surface area contributed by atoms with E-state index in [9.17, 15) is 9.59 Å². The van der Waals surface area contributed by atoms with Gasteiger partial charge < -0.3 is 15.8 Å². The number of pyridine rings is 1. The smallest absolute Gasteiger partial charge is 0.324 e. The van der Waals surface area contributed by atoms with E-state index in [0.717, 1.165) is 11.3 Å². The lowest BCUT2D eigenvalue weighted by atomic mass is 9.92. The molecule has 0 saturated carbocycles. The van der Waals surface area contributed by atoms with Gasteiger partial charge in [0.1, 0.15) is 17.3 Å². The lowest BCUT2D eigenvalue weighted by Gasteiger charge is -2.14. The van der Waals surface area contributed by atoms with Gasteiger partial charge in [-0.05, 0) is 42.0 Å². The monoisotopic (exact) mass is 484 g/mol. The van der Waals surface area contributed by atoms with Crippen molar-refractivity contribution in [3.63, 3.8) is 0 Å². The maximum Gasteiger partial charge on any atom is 0.324 e. The Hall–Kier alpha value is -4.66. The Morgan fingerprint density at radius 3 is 2.47 bits per heavy atom. The van der Waals surface area contributed by atoms with E-state index < -0.39 is 11.9 Å². The molecule has 0 radical (unpaired) electrons. The van der Waals surface area contributed by atoms with Gasteiger partial charge in [0, 0.05) is 29.4 Å². The minimum absolute atomic E-state index is 0.113. The van der Waals surface area contributed by atoms with Gasteiger partial charge in [-0.1, -0.05) is 39.0 Å². The molecule has 9 nitrogen and oxygen atoms in total. The van der Waals surface area contributed by atoms with Crippen LogP contribution in [0.25, 0.3) is 5.69 Å². The number of hydrogen-bond acceptors (Lipinski definition) is 5. The molecule has 2 aromatic carbocycles. The van der Waals surface area contributed by atoms with E-state index in [1.807, 2.05) is 51.1 Å². The zero-order valence-corrected chi connectivity index (χ0v) is 20.4. The van der Waals surface area contributed by atoms with Crippen molar-refractivity contribution in [1.29, 1.82) is 0 Å². The fraction of sp³-hybridized carbons (Fsp3) is 0.185. The summed E-state index contributed by atoms with van der Waals surface area (Å²) in [7, 11) is 0. The molecule has 0 spiro atoms. The number of carbonyl (C=O) groups excluding carboxylic acids is 2. The molecule has 3 amide bonds. The number of ether oxygens (including phenoxy) is 1. The highest BCUT2D eigenvalue weighted by atomic mass is 16.5. The normalized spacial score (nSPS) is 11.1. The fourth-order valence-electron chi connectivity index (χ4n) is 3.49. The molecule has 0 aliphatic heterocycles. The number of hydrogen-bond donors (Lipinski definition) is 3. The summed E-state index contributed by atoms with van der Waals surface area (Å²) in [6.07, 6.45) is 3.39. The Morgan fingerprint density at radius 1 is 0.972 bits per heavy atom. The molecule has 0 aliphatic carbocycles. The maximum absolute atomic E-state index is 12.9. The van der Waals surface area contributed by atoms with Crippen molar-refractivity contribution >= 4 is 23.4 Å². The minimum Gasteiger partial charge on any atom is -0.456 e. The Kier molecular flexibility index (Phi) is 7.00. The average molecular weight is 485 g/mol.